The summed E-state index contributed by atoms with van der Waals surface area (Å²) in [5.41, 5.74) is 6.67. The molecule has 1 rings (SSSR count). The molecule has 1 unspecified atom stereocenters. The number of methoxy groups -OCH3 is 3. The van der Waals surface area contributed by atoms with Crippen molar-refractivity contribution in [2.24, 2.45) is 11.7 Å². The molecule has 5 nitrogen and oxygen atoms in total. The first-order chi connectivity index (χ1) is 9.15. The number of benzene rings is 1. The summed E-state index contributed by atoms with van der Waals surface area (Å²) in [7, 11) is 4.83. The fraction of sp³-hybridized carbons (Fsp3) is 0.571. The van der Waals surface area contributed by atoms with E-state index in [1.165, 1.54) is 0 Å². The van der Waals surface area contributed by atoms with E-state index in [-0.39, 0.29) is 0 Å². The van der Waals surface area contributed by atoms with Gasteiger partial charge in [0.25, 0.3) is 0 Å². The second-order valence-electron chi connectivity index (χ2n) is 4.51. The lowest BCUT2D eigenvalue weighted by molar-refractivity contribution is 0.323. The van der Waals surface area contributed by atoms with Gasteiger partial charge in [-0.3, -0.25) is 0 Å². The van der Waals surface area contributed by atoms with E-state index in [0.29, 0.717) is 29.7 Å². The van der Waals surface area contributed by atoms with Crippen LogP contribution in [0.25, 0.3) is 0 Å². The average molecular weight is 268 g/mol. The number of hydrogen-bond acceptors (Lipinski definition) is 5. The summed E-state index contributed by atoms with van der Waals surface area (Å²) in [5, 5.41) is 3.36. The largest absolute Gasteiger partial charge is 0.493 e. The van der Waals surface area contributed by atoms with E-state index in [1.54, 1.807) is 21.3 Å². The molecule has 0 saturated carbocycles. The van der Waals surface area contributed by atoms with Gasteiger partial charge in [-0.2, -0.15) is 0 Å². The third-order valence-electron chi connectivity index (χ3n) is 2.95. The Kier molecular flexibility index (Phi) is 6.45. The van der Waals surface area contributed by atoms with Crippen LogP contribution in [-0.4, -0.2) is 34.4 Å². The predicted octanol–water partition coefficient (Wildman–Crippen LogP) is 1.40. The van der Waals surface area contributed by atoms with Gasteiger partial charge in [-0.25, -0.2) is 0 Å². The summed E-state index contributed by atoms with van der Waals surface area (Å²) in [6.45, 7) is 4.42. The zero-order valence-electron chi connectivity index (χ0n) is 12.2. The SMILES string of the molecule is COc1cc(CNCC(C)CN)cc(OC)c1OC. The van der Waals surface area contributed by atoms with Crippen LogP contribution in [0.4, 0.5) is 0 Å². The van der Waals surface area contributed by atoms with Gasteiger partial charge in [-0.15, -0.1) is 0 Å². The summed E-state index contributed by atoms with van der Waals surface area (Å²) < 4.78 is 15.9. The van der Waals surface area contributed by atoms with Gasteiger partial charge >= 0.3 is 0 Å². The number of hydrogen-bond donors (Lipinski definition) is 2. The Hall–Kier alpha value is -1.46. The average Bonchev–Trinajstić information content (AvgIpc) is 2.45. The van der Waals surface area contributed by atoms with E-state index in [9.17, 15) is 0 Å². The molecule has 0 amide bonds. The van der Waals surface area contributed by atoms with Gasteiger partial charge in [-0.05, 0) is 36.7 Å². The van der Waals surface area contributed by atoms with E-state index >= 15 is 0 Å². The molecule has 19 heavy (non-hydrogen) atoms. The number of ether oxygens (including phenoxy) is 3. The fourth-order valence-corrected chi connectivity index (χ4v) is 1.78. The summed E-state index contributed by atoms with van der Waals surface area (Å²) >= 11 is 0. The molecule has 108 valence electrons. The van der Waals surface area contributed by atoms with Gasteiger partial charge in [0.1, 0.15) is 0 Å². The molecule has 0 aliphatic heterocycles. The van der Waals surface area contributed by atoms with Crippen molar-refractivity contribution >= 4 is 0 Å². The van der Waals surface area contributed by atoms with Crippen molar-refractivity contribution in [1.29, 1.82) is 0 Å². The molecular weight excluding hydrogens is 244 g/mol. The van der Waals surface area contributed by atoms with Gasteiger partial charge in [0.15, 0.2) is 11.5 Å². The minimum Gasteiger partial charge on any atom is -0.493 e. The standard InChI is InChI=1S/C14H24N2O3/c1-10(7-15)8-16-9-11-5-12(17-2)14(19-4)13(6-11)18-3/h5-6,10,16H,7-9,15H2,1-4H3. The molecule has 0 spiro atoms. The van der Waals surface area contributed by atoms with Crippen molar-refractivity contribution in [2.45, 2.75) is 13.5 Å². The summed E-state index contributed by atoms with van der Waals surface area (Å²) in [6, 6.07) is 3.89. The quantitative estimate of drug-likeness (QED) is 0.746. The first-order valence-electron chi connectivity index (χ1n) is 6.35. The zero-order chi connectivity index (χ0) is 14.3. The lowest BCUT2D eigenvalue weighted by Gasteiger charge is -2.15. The van der Waals surface area contributed by atoms with Crippen LogP contribution in [0.15, 0.2) is 12.1 Å². The Balaban J connectivity index is 2.79. The van der Waals surface area contributed by atoms with Gasteiger partial charge in [0.05, 0.1) is 21.3 Å². The van der Waals surface area contributed by atoms with E-state index < -0.39 is 0 Å². The monoisotopic (exact) mass is 268 g/mol. The number of rotatable bonds is 8. The van der Waals surface area contributed by atoms with Crippen LogP contribution in [0.3, 0.4) is 0 Å². The highest BCUT2D eigenvalue weighted by atomic mass is 16.5. The molecule has 0 aliphatic rings. The summed E-state index contributed by atoms with van der Waals surface area (Å²) in [6.07, 6.45) is 0. The van der Waals surface area contributed by atoms with Crippen LogP contribution in [0, 0.1) is 5.92 Å². The Morgan fingerprint density at radius 2 is 1.68 bits per heavy atom. The third-order valence-corrected chi connectivity index (χ3v) is 2.95. The molecule has 5 heteroatoms. The normalized spacial score (nSPS) is 12.1. The second kappa shape index (κ2) is 7.86. The molecule has 3 N–H and O–H groups in total. The molecule has 0 aliphatic carbocycles. The fourth-order valence-electron chi connectivity index (χ4n) is 1.78. The van der Waals surface area contributed by atoms with E-state index in [0.717, 1.165) is 18.7 Å². The molecule has 0 radical (unpaired) electrons. The molecule has 0 bridgehead atoms. The Morgan fingerprint density at radius 1 is 1.11 bits per heavy atom. The van der Waals surface area contributed by atoms with Crippen molar-refractivity contribution < 1.29 is 14.2 Å². The van der Waals surface area contributed by atoms with Gasteiger partial charge in [0, 0.05) is 6.54 Å². The highest BCUT2D eigenvalue weighted by Crippen LogP contribution is 2.38. The Morgan fingerprint density at radius 3 is 2.11 bits per heavy atom. The smallest absolute Gasteiger partial charge is 0.203 e. The van der Waals surface area contributed by atoms with E-state index in [2.05, 4.69) is 12.2 Å². The first kappa shape index (κ1) is 15.6. The lowest BCUT2D eigenvalue weighted by Crippen LogP contribution is -2.25. The Bertz CT molecular complexity index is 371. The molecule has 1 aromatic rings. The van der Waals surface area contributed by atoms with E-state index in [4.69, 9.17) is 19.9 Å². The lowest BCUT2D eigenvalue weighted by atomic mass is 10.1. The van der Waals surface area contributed by atoms with Crippen molar-refractivity contribution in [3.63, 3.8) is 0 Å². The van der Waals surface area contributed by atoms with Crippen molar-refractivity contribution in [2.75, 3.05) is 34.4 Å². The maximum atomic E-state index is 5.58. The van der Waals surface area contributed by atoms with Crippen LogP contribution in [0.1, 0.15) is 12.5 Å². The van der Waals surface area contributed by atoms with Crippen LogP contribution in [-0.2, 0) is 6.54 Å². The highest BCUT2D eigenvalue weighted by molar-refractivity contribution is 5.53. The predicted molar refractivity (Wildman–Crippen MR) is 76.0 cm³/mol. The molecular formula is C14H24N2O3. The molecule has 0 saturated heterocycles. The summed E-state index contributed by atoms with van der Waals surface area (Å²) in [4.78, 5) is 0. The minimum absolute atomic E-state index is 0.460. The van der Waals surface area contributed by atoms with Crippen LogP contribution < -0.4 is 25.3 Å². The second-order valence-corrected chi connectivity index (χ2v) is 4.51. The zero-order valence-corrected chi connectivity index (χ0v) is 12.2. The van der Waals surface area contributed by atoms with Gasteiger partial charge in [-0.1, -0.05) is 6.92 Å². The molecule has 0 heterocycles. The van der Waals surface area contributed by atoms with Crippen molar-refractivity contribution in [3.8, 4) is 17.2 Å². The van der Waals surface area contributed by atoms with Crippen LogP contribution in [0.2, 0.25) is 0 Å². The Labute approximate surface area is 115 Å². The molecule has 0 aromatic heterocycles. The van der Waals surface area contributed by atoms with Gasteiger partial charge in [0.2, 0.25) is 5.75 Å². The van der Waals surface area contributed by atoms with E-state index in [1.807, 2.05) is 12.1 Å². The minimum atomic E-state index is 0.460. The first-order valence-corrected chi connectivity index (χ1v) is 6.35. The molecule has 0 fully saturated rings. The van der Waals surface area contributed by atoms with Crippen molar-refractivity contribution in [3.05, 3.63) is 17.7 Å². The molecule has 1 atom stereocenters. The number of nitrogens with one attached hydrogen (secondary N) is 1. The molecule has 1 aromatic carbocycles. The maximum absolute atomic E-state index is 5.58. The van der Waals surface area contributed by atoms with Crippen LogP contribution in [0.5, 0.6) is 17.2 Å². The third kappa shape index (κ3) is 4.29. The highest BCUT2D eigenvalue weighted by Gasteiger charge is 2.12. The van der Waals surface area contributed by atoms with Crippen LogP contribution >= 0.6 is 0 Å². The van der Waals surface area contributed by atoms with Gasteiger partial charge < -0.3 is 25.3 Å². The maximum Gasteiger partial charge on any atom is 0.203 e. The number of nitrogens with two attached hydrogens (primary N) is 1. The topological polar surface area (TPSA) is 65.7 Å². The van der Waals surface area contributed by atoms with Crippen molar-refractivity contribution in [1.82, 2.24) is 5.32 Å². The summed E-state index contributed by atoms with van der Waals surface area (Å²) in [5.74, 6) is 2.42.